The summed E-state index contributed by atoms with van der Waals surface area (Å²) in [6, 6.07) is 21.0. The molecule has 0 atom stereocenters. The van der Waals surface area contributed by atoms with Crippen LogP contribution in [-0.4, -0.2) is 50.9 Å². The van der Waals surface area contributed by atoms with Crippen LogP contribution in [0.2, 0.25) is 0 Å². The quantitative estimate of drug-likeness (QED) is 0.447. The van der Waals surface area contributed by atoms with E-state index < -0.39 is 0 Å². The lowest BCUT2D eigenvalue weighted by Gasteiger charge is -2.29. The fourth-order valence-corrected chi connectivity index (χ4v) is 4.15. The molecule has 0 saturated carbocycles. The molecule has 0 spiro atoms. The van der Waals surface area contributed by atoms with Gasteiger partial charge in [0.1, 0.15) is 32.7 Å². The standard InChI is InChI=1S/C21H27N3OS/c25-21(22-11-16-26-20-9-5-2-6-10-20)18-24-14-12-23(13-15-24)17-19-7-3-1-4-8-19/h1-10H,11-18H2,(H,22,25)/p+2. The number of carbonyl (C=O) groups excluding carboxylic acids is 1. The van der Waals surface area contributed by atoms with Gasteiger partial charge in [0.25, 0.3) is 5.91 Å². The number of thioether (sulfide) groups is 1. The molecule has 1 saturated heterocycles. The van der Waals surface area contributed by atoms with Crippen LogP contribution in [0.1, 0.15) is 5.56 Å². The lowest BCUT2D eigenvalue weighted by atomic mass is 10.2. The molecular weight excluding hydrogens is 342 g/mol. The Labute approximate surface area is 160 Å². The van der Waals surface area contributed by atoms with Gasteiger partial charge in [-0.25, -0.2) is 0 Å². The maximum absolute atomic E-state index is 12.1. The molecule has 1 aliphatic heterocycles. The molecule has 0 radical (unpaired) electrons. The van der Waals surface area contributed by atoms with Crippen molar-refractivity contribution < 1.29 is 14.6 Å². The van der Waals surface area contributed by atoms with Crippen LogP contribution in [0.15, 0.2) is 65.6 Å². The number of amides is 1. The van der Waals surface area contributed by atoms with Gasteiger partial charge < -0.3 is 15.1 Å². The third-order valence-electron chi connectivity index (χ3n) is 4.81. The monoisotopic (exact) mass is 371 g/mol. The summed E-state index contributed by atoms with van der Waals surface area (Å²) in [5.74, 6) is 1.10. The highest BCUT2D eigenvalue weighted by atomic mass is 32.2. The summed E-state index contributed by atoms with van der Waals surface area (Å²) in [5, 5.41) is 3.06. The first-order valence-corrected chi connectivity index (χ1v) is 10.4. The van der Waals surface area contributed by atoms with Crippen molar-refractivity contribution in [2.45, 2.75) is 11.4 Å². The van der Waals surface area contributed by atoms with Crippen LogP contribution in [0, 0.1) is 0 Å². The van der Waals surface area contributed by atoms with Gasteiger partial charge in [-0.3, -0.25) is 4.79 Å². The smallest absolute Gasteiger partial charge is 0.275 e. The van der Waals surface area contributed by atoms with Gasteiger partial charge in [-0.15, -0.1) is 11.8 Å². The van der Waals surface area contributed by atoms with Gasteiger partial charge in [0, 0.05) is 22.8 Å². The van der Waals surface area contributed by atoms with Gasteiger partial charge in [-0.05, 0) is 12.1 Å². The number of benzene rings is 2. The topological polar surface area (TPSA) is 38.0 Å². The van der Waals surface area contributed by atoms with Crippen LogP contribution in [0.3, 0.4) is 0 Å². The second kappa shape index (κ2) is 10.4. The maximum Gasteiger partial charge on any atom is 0.275 e. The summed E-state index contributed by atoms with van der Waals surface area (Å²) in [6.07, 6.45) is 0. The van der Waals surface area contributed by atoms with Crippen molar-refractivity contribution in [1.29, 1.82) is 0 Å². The third-order valence-corrected chi connectivity index (χ3v) is 5.82. The molecular formula is C21H29N3OS+2. The van der Waals surface area contributed by atoms with Gasteiger partial charge in [0.05, 0.1) is 0 Å². The van der Waals surface area contributed by atoms with Crippen LogP contribution in [0.5, 0.6) is 0 Å². The Balaban J connectivity index is 1.28. The molecule has 4 nitrogen and oxygen atoms in total. The zero-order valence-electron chi connectivity index (χ0n) is 15.2. The second-order valence-corrected chi connectivity index (χ2v) is 8.02. The highest BCUT2D eigenvalue weighted by Crippen LogP contribution is 2.15. The fourth-order valence-electron chi connectivity index (χ4n) is 3.36. The number of nitrogens with one attached hydrogen (secondary N) is 3. The number of quaternary nitrogens is 2. The first-order valence-electron chi connectivity index (χ1n) is 9.45. The minimum absolute atomic E-state index is 0.181. The lowest BCUT2D eigenvalue weighted by Crippen LogP contribution is -3.28. The number of hydrogen-bond acceptors (Lipinski definition) is 2. The Morgan fingerprint density at radius 3 is 2.19 bits per heavy atom. The van der Waals surface area contributed by atoms with E-state index in [9.17, 15) is 4.79 Å². The molecule has 2 aromatic carbocycles. The average molecular weight is 372 g/mol. The Kier molecular flexibility index (Phi) is 7.55. The Bertz CT molecular complexity index is 657. The van der Waals surface area contributed by atoms with Crippen molar-refractivity contribution in [2.75, 3.05) is 45.0 Å². The summed E-state index contributed by atoms with van der Waals surface area (Å²) in [6.45, 7) is 6.87. The van der Waals surface area contributed by atoms with E-state index in [2.05, 4.69) is 47.8 Å². The van der Waals surface area contributed by atoms with Crippen LogP contribution < -0.4 is 15.1 Å². The number of hydrogen-bond donors (Lipinski definition) is 3. The zero-order valence-corrected chi connectivity index (χ0v) is 16.1. The van der Waals surface area contributed by atoms with E-state index in [0.717, 1.165) is 45.0 Å². The Hall–Kier alpha value is -1.82. The molecule has 2 aromatic rings. The molecule has 0 unspecified atom stereocenters. The van der Waals surface area contributed by atoms with E-state index in [0.29, 0.717) is 6.54 Å². The predicted octanol–water partition coefficient (Wildman–Crippen LogP) is -0.121. The molecule has 26 heavy (non-hydrogen) atoms. The molecule has 1 heterocycles. The fraction of sp³-hybridized carbons (Fsp3) is 0.381. The number of piperazine rings is 1. The van der Waals surface area contributed by atoms with Gasteiger partial charge in [-0.2, -0.15) is 0 Å². The van der Waals surface area contributed by atoms with E-state index in [1.807, 2.05) is 18.2 Å². The molecule has 138 valence electrons. The van der Waals surface area contributed by atoms with Gasteiger partial charge in [0.15, 0.2) is 6.54 Å². The summed E-state index contributed by atoms with van der Waals surface area (Å²) in [4.78, 5) is 16.4. The van der Waals surface area contributed by atoms with Crippen molar-refractivity contribution in [1.82, 2.24) is 5.32 Å². The van der Waals surface area contributed by atoms with Crippen LogP contribution in [0.4, 0.5) is 0 Å². The molecule has 3 rings (SSSR count). The largest absolute Gasteiger partial charge is 0.350 e. The van der Waals surface area contributed by atoms with E-state index in [1.165, 1.54) is 15.4 Å². The van der Waals surface area contributed by atoms with E-state index in [1.54, 1.807) is 16.7 Å². The average Bonchev–Trinajstić information content (AvgIpc) is 2.68. The summed E-state index contributed by atoms with van der Waals surface area (Å²) < 4.78 is 0. The van der Waals surface area contributed by atoms with Gasteiger partial charge >= 0.3 is 0 Å². The molecule has 1 amide bonds. The second-order valence-electron chi connectivity index (χ2n) is 6.85. The van der Waals surface area contributed by atoms with Crippen molar-refractivity contribution in [3.8, 4) is 0 Å². The number of carbonyl (C=O) groups is 1. The van der Waals surface area contributed by atoms with E-state index in [-0.39, 0.29) is 5.91 Å². The minimum atomic E-state index is 0.181. The van der Waals surface area contributed by atoms with Crippen molar-refractivity contribution in [3.05, 3.63) is 66.2 Å². The SMILES string of the molecule is O=C(C[NH+]1CC[NH+](Cc2ccccc2)CC1)NCCSc1ccccc1. The first-order chi connectivity index (χ1) is 12.8. The van der Waals surface area contributed by atoms with Crippen LogP contribution >= 0.6 is 11.8 Å². The minimum Gasteiger partial charge on any atom is -0.350 e. The molecule has 5 heteroatoms. The lowest BCUT2D eigenvalue weighted by molar-refractivity contribution is -1.02. The normalized spacial score (nSPS) is 19.8. The first kappa shape index (κ1) is 19.0. The van der Waals surface area contributed by atoms with Crippen molar-refractivity contribution in [2.24, 2.45) is 0 Å². The molecule has 0 aromatic heterocycles. The zero-order chi connectivity index (χ0) is 18.0. The molecule has 0 aliphatic carbocycles. The highest BCUT2D eigenvalue weighted by Gasteiger charge is 2.24. The summed E-state index contributed by atoms with van der Waals surface area (Å²) in [7, 11) is 0. The summed E-state index contributed by atoms with van der Waals surface area (Å²) in [5.41, 5.74) is 1.40. The number of rotatable bonds is 8. The molecule has 1 fully saturated rings. The van der Waals surface area contributed by atoms with E-state index in [4.69, 9.17) is 0 Å². The van der Waals surface area contributed by atoms with Gasteiger partial charge in [-0.1, -0.05) is 48.5 Å². The van der Waals surface area contributed by atoms with Crippen molar-refractivity contribution >= 4 is 17.7 Å². The molecule has 1 aliphatic rings. The summed E-state index contributed by atoms with van der Waals surface area (Å²) >= 11 is 1.78. The van der Waals surface area contributed by atoms with E-state index >= 15 is 0 Å². The maximum atomic E-state index is 12.1. The Morgan fingerprint density at radius 2 is 1.50 bits per heavy atom. The Morgan fingerprint density at radius 1 is 0.885 bits per heavy atom. The van der Waals surface area contributed by atoms with Crippen LogP contribution in [0.25, 0.3) is 0 Å². The van der Waals surface area contributed by atoms with Crippen LogP contribution in [-0.2, 0) is 11.3 Å². The van der Waals surface area contributed by atoms with Gasteiger partial charge in [0.2, 0.25) is 0 Å². The highest BCUT2D eigenvalue weighted by molar-refractivity contribution is 7.99. The predicted molar refractivity (Wildman–Crippen MR) is 107 cm³/mol. The molecule has 0 bridgehead atoms. The molecule has 3 N–H and O–H groups in total. The van der Waals surface area contributed by atoms with Crippen molar-refractivity contribution in [3.63, 3.8) is 0 Å². The third kappa shape index (κ3) is 6.48.